The van der Waals surface area contributed by atoms with Gasteiger partial charge in [-0.25, -0.2) is 0 Å². The van der Waals surface area contributed by atoms with E-state index in [9.17, 15) is 9.90 Å². The summed E-state index contributed by atoms with van der Waals surface area (Å²) in [4.78, 5) is 13.0. The molecule has 0 aliphatic heterocycles. The van der Waals surface area contributed by atoms with Crippen LogP contribution in [-0.4, -0.2) is 36.1 Å². The van der Waals surface area contributed by atoms with Gasteiger partial charge in [0.2, 0.25) is 5.91 Å². The van der Waals surface area contributed by atoms with Gasteiger partial charge >= 0.3 is 0 Å². The van der Waals surface area contributed by atoms with Crippen LogP contribution in [-0.2, 0) is 4.79 Å². The summed E-state index contributed by atoms with van der Waals surface area (Å²) >= 11 is 0. The molecule has 0 unspecified atom stereocenters. The second-order valence-corrected chi connectivity index (χ2v) is 6.08. The lowest BCUT2D eigenvalue weighted by molar-refractivity contribution is -0.127. The quantitative estimate of drug-likeness (QED) is 0.515. The normalized spacial score (nSPS) is 13.8. The molecule has 0 saturated carbocycles. The van der Waals surface area contributed by atoms with Crippen LogP contribution in [0.3, 0.4) is 0 Å². The Kier molecular flexibility index (Phi) is 8.73. The Hall–Kier alpha value is -0.830. The molecule has 19 heavy (non-hydrogen) atoms. The summed E-state index contributed by atoms with van der Waals surface area (Å²) in [5.41, 5.74) is -0.265. The fourth-order valence-electron chi connectivity index (χ4n) is 1.89. The van der Waals surface area contributed by atoms with E-state index in [1.54, 1.807) is 19.0 Å². The number of nitrogens with zero attached hydrogens (tertiary/aromatic N) is 1. The fraction of sp³-hybridized carbons (Fsp3) is 0.812. The maximum Gasteiger partial charge on any atom is 0.225 e. The van der Waals surface area contributed by atoms with Crippen LogP contribution in [0.5, 0.6) is 0 Å². The Morgan fingerprint density at radius 3 is 2.42 bits per heavy atom. The number of hydrogen-bond donors (Lipinski definition) is 1. The second-order valence-electron chi connectivity index (χ2n) is 6.08. The minimum atomic E-state index is -0.338. The first-order valence-corrected chi connectivity index (χ1v) is 7.37. The third-order valence-corrected chi connectivity index (χ3v) is 3.53. The molecule has 0 aliphatic rings. The van der Waals surface area contributed by atoms with Crippen LogP contribution in [0.25, 0.3) is 0 Å². The number of unbranched alkanes of at least 4 members (excludes halogenated alkanes) is 3. The summed E-state index contributed by atoms with van der Waals surface area (Å²) in [5, 5.41) is 10.2. The van der Waals surface area contributed by atoms with Crippen molar-refractivity contribution in [3.05, 3.63) is 12.2 Å². The maximum atomic E-state index is 11.5. The molecule has 1 amide bonds. The summed E-state index contributed by atoms with van der Waals surface area (Å²) in [6.07, 6.45) is 9.45. The van der Waals surface area contributed by atoms with Crippen molar-refractivity contribution in [2.45, 2.75) is 65.4 Å². The predicted molar refractivity (Wildman–Crippen MR) is 81.0 cm³/mol. The van der Waals surface area contributed by atoms with Gasteiger partial charge in [-0.05, 0) is 6.42 Å². The number of aliphatic hydroxyl groups excluding tert-OH is 1. The van der Waals surface area contributed by atoms with Gasteiger partial charge in [0.15, 0.2) is 0 Å². The molecule has 0 fully saturated rings. The van der Waals surface area contributed by atoms with Crippen molar-refractivity contribution in [1.82, 2.24) is 4.90 Å². The summed E-state index contributed by atoms with van der Waals surface area (Å²) in [7, 11) is 3.51. The highest BCUT2D eigenvalue weighted by Crippen LogP contribution is 2.26. The second kappa shape index (κ2) is 9.13. The lowest BCUT2D eigenvalue weighted by atomic mass is 9.83. The Bertz CT molecular complexity index is 282. The summed E-state index contributed by atoms with van der Waals surface area (Å²) < 4.78 is 0. The zero-order valence-electron chi connectivity index (χ0n) is 13.3. The van der Waals surface area contributed by atoms with E-state index in [0.717, 1.165) is 12.8 Å². The van der Waals surface area contributed by atoms with Crippen molar-refractivity contribution in [2.24, 2.45) is 5.41 Å². The van der Waals surface area contributed by atoms with Crippen LogP contribution in [0.4, 0.5) is 0 Å². The molecular formula is C16H31NO2. The minimum absolute atomic E-state index is 0.0875. The number of aliphatic hydroxyl groups is 1. The standard InChI is InChI=1S/C16H31NO2/c1-6-7-8-9-11-14(18)16(2,3)13-10-12-15(19)17(4)5/h10,13-14,18H,6-9,11-12H2,1-5H3/b13-10+/t14-/m0/s1. The van der Waals surface area contributed by atoms with Crippen molar-refractivity contribution in [1.29, 1.82) is 0 Å². The molecule has 3 nitrogen and oxygen atoms in total. The lowest BCUT2D eigenvalue weighted by Crippen LogP contribution is -2.27. The van der Waals surface area contributed by atoms with Gasteiger partial charge in [0.1, 0.15) is 0 Å². The molecule has 0 aromatic carbocycles. The zero-order valence-corrected chi connectivity index (χ0v) is 13.3. The molecule has 0 bridgehead atoms. The van der Waals surface area contributed by atoms with E-state index in [4.69, 9.17) is 0 Å². The smallest absolute Gasteiger partial charge is 0.225 e. The van der Waals surface area contributed by atoms with Gasteiger partial charge in [-0.15, -0.1) is 0 Å². The molecule has 0 radical (unpaired) electrons. The zero-order chi connectivity index (χ0) is 14.9. The molecule has 0 aliphatic carbocycles. The van der Waals surface area contributed by atoms with E-state index in [0.29, 0.717) is 6.42 Å². The summed E-state index contributed by atoms with van der Waals surface area (Å²) in [5.74, 6) is 0.0875. The van der Waals surface area contributed by atoms with Gasteiger partial charge < -0.3 is 10.0 Å². The fourth-order valence-corrected chi connectivity index (χ4v) is 1.89. The monoisotopic (exact) mass is 269 g/mol. The molecule has 0 saturated heterocycles. The number of hydrogen-bond acceptors (Lipinski definition) is 2. The molecule has 112 valence electrons. The first-order chi connectivity index (χ1) is 8.81. The number of rotatable bonds is 9. The van der Waals surface area contributed by atoms with Gasteiger partial charge in [0, 0.05) is 25.9 Å². The molecule has 0 heterocycles. The third-order valence-electron chi connectivity index (χ3n) is 3.53. The Morgan fingerprint density at radius 1 is 1.26 bits per heavy atom. The van der Waals surface area contributed by atoms with Crippen molar-refractivity contribution in [3.63, 3.8) is 0 Å². The highest BCUT2D eigenvalue weighted by Gasteiger charge is 2.24. The lowest BCUT2D eigenvalue weighted by Gasteiger charge is -2.27. The largest absolute Gasteiger partial charge is 0.392 e. The van der Waals surface area contributed by atoms with Crippen LogP contribution >= 0.6 is 0 Å². The van der Waals surface area contributed by atoms with E-state index in [1.165, 1.54) is 19.3 Å². The number of amides is 1. The van der Waals surface area contributed by atoms with E-state index < -0.39 is 0 Å². The predicted octanol–water partition coefficient (Wildman–Crippen LogP) is 3.38. The number of carbonyl (C=O) groups excluding carboxylic acids is 1. The van der Waals surface area contributed by atoms with Crippen LogP contribution in [0.1, 0.15) is 59.3 Å². The average molecular weight is 269 g/mol. The Labute approximate surface area is 118 Å². The molecule has 0 spiro atoms. The van der Waals surface area contributed by atoms with E-state index in [1.807, 2.05) is 26.0 Å². The van der Waals surface area contributed by atoms with Crippen LogP contribution in [0.2, 0.25) is 0 Å². The molecule has 3 heteroatoms. The SMILES string of the molecule is CCCCCC[C@H](O)C(C)(C)/C=C/CC(=O)N(C)C. The maximum absolute atomic E-state index is 11.5. The summed E-state index contributed by atoms with van der Waals surface area (Å²) in [6.45, 7) is 6.23. The highest BCUT2D eigenvalue weighted by atomic mass is 16.3. The van der Waals surface area contributed by atoms with Gasteiger partial charge in [-0.3, -0.25) is 4.79 Å². The molecule has 1 atom stereocenters. The van der Waals surface area contributed by atoms with Crippen LogP contribution in [0, 0.1) is 5.41 Å². The molecule has 1 N–H and O–H groups in total. The first-order valence-electron chi connectivity index (χ1n) is 7.37. The van der Waals surface area contributed by atoms with Crippen LogP contribution in [0.15, 0.2) is 12.2 Å². The van der Waals surface area contributed by atoms with E-state index in [2.05, 4.69) is 6.92 Å². The Morgan fingerprint density at radius 2 is 1.89 bits per heavy atom. The van der Waals surface area contributed by atoms with E-state index in [-0.39, 0.29) is 17.4 Å². The molecule has 0 aromatic rings. The van der Waals surface area contributed by atoms with Gasteiger partial charge in [0.25, 0.3) is 0 Å². The van der Waals surface area contributed by atoms with Crippen molar-refractivity contribution < 1.29 is 9.90 Å². The van der Waals surface area contributed by atoms with Crippen molar-refractivity contribution in [2.75, 3.05) is 14.1 Å². The van der Waals surface area contributed by atoms with Gasteiger partial charge in [-0.2, -0.15) is 0 Å². The minimum Gasteiger partial charge on any atom is -0.392 e. The number of carbonyl (C=O) groups is 1. The molecule has 0 aromatic heterocycles. The molecular weight excluding hydrogens is 238 g/mol. The van der Waals surface area contributed by atoms with Crippen molar-refractivity contribution in [3.8, 4) is 0 Å². The summed E-state index contributed by atoms with van der Waals surface area (Å²) in [6, 6.07) is 0. The Balaban J connectivity index is 4.13. The highest BCUT2D eigenvalue weighted by molar-refractivity contribution is 5.77. The average Bonchev–Trinajstić information content (AvgIpc) is 2.33. The van der Waals surface area contributed by atoms with Gasteiger partial charge in [0.05, 0.1) is 6.10 Å². The van der Waals surface area contributed by atoms with Crippen molar-refractivity contribution >= 4 is 5.91 Å². The van der Waals surface area contributed by atoms with Gasteiger partial charge in [-0.1, -0.05) is 58.6 Å². The van der Waals surface area contributed by atoms with E-state index >= 15 is 0 Å². The molecule has 0 rings (SSSR count). The first kappa shape index (κ1) is 18.2. The third kappa shape index (κ3) is 8.04. The topological polar surface area (TPSA) is 40.5 Å². The van der Waals surface area contributed by atoms with Crippen LogP contribution < -0.4 is 0 Å².